The molecular formula is C14H18N2O2. The van der Waals surface area contributed by atoms with Gasteiger partial charge >= 0.3 is 0 Å². The van der Waals surface area contributed by atoms with Gasteiger partial charge in [-0.05, 0) is 36.8 Å². The summed E-state index contributed by atoms with van der Waals surface area (Å²) >= 11 is 0. The van der Waals surface area contributed by atoms with Gasteiger partial charge in [0.2, 0.25) is 5.91 Å². The molecule has 1 heterocycles. The van der Waals surface area contributed by atoms with Crippen LogP contribution in [0.25, 0.3) is 0 Å². The van der Waals surface area contributed by atoms with E-state index in [2.05, 4.69) is 29.7 Å². The lowest BCUT2D eigenvalue weighted by Gasteiger charge is -2.36. The first-order valence-electron chi connectivity index (χ1n) is 6.48. The summed E-state index contributed by atoms with van der Waals surface area (Å²) in [7, 11) is 0. The summed E-state index contributed by atoms with van der Waals surface area (Å²) in [5.74, 6) is 5.19. The molecule has 3 N–H and O–H groups in total. The van der Waals surface area contributed by atoms with E-state index >= 15 is 0 Å². The molecule has 4 nitrogen and oxygen atoms in total. The minimum absolute atomic E-state index is 0.0389. The summed E-state index contributed by atoms with van der Waals surface area (Å²) < 4.78 is 6.05. The van der Waals surface area contributed by atoms with Crippen molar-refractivity contribution in [3.63, 3.8) is 0 Å². The van der Waals surface area contributed by atoms with Crippen LogP contribution < -0.4 is 11.3 Å². The standard InChI is InChI=1S/C14H18N2O2/c15-16-13(17)10-5-7-14(8-6-10)12-4-2-1-3-11(12)9-18-14/h1-4,10H,5-9,15H2,(H,16,17)/t10-,14-. The van der Waals surface area contributed by atoms with Crippen LogP contribution in [0.1, 0.15) is 36.8 Å². The molecule has 0 atom stereocenters. The highest BCUT2D eigenvalue weighted by Gasteiger charge is 2.43. The molecule has 1 amide bonds. The molecule has 1 fully saturated rings. The van der Waals surface area contributed by atoms with Gasteiger partial charge < -0.3 is 4.74 Å². The number of carbonyl (C=O) groups is 1. The lowest BCUT2D eigenvalue weighted by atomic mass is 9.75. The number of amides is 1. The van der Waals surface area contributed by atoms with Gasteiger partial charge in [0.25, 0.3) is 0 Å². The lowest BCUT2D eigenvalue weighted by Crippen LogP contribution is -2.40. The number of fused-ring (bicyclic) bond motifs is 2. The normalized spacial score (nSPS) is 30.2. The maximum absolute atomic E-state index is 11.5. The number of rotatable bonds is 1. The van der Waals surface area contributed by atoms with Crippen molar-refractivity contribution < 1.29 is 9.53 Å². The molecule has 1 spiro atoms. The Balaban J connectivity index is 1.79. The van der Waals surface area contributed by atoms with Gasteiger partial charge in [-0.2, -0.15) is 0 Å². The third-order valence-electron chi connectivity index (χ3n) is 4.32. The number of ether oxygens (including phenoxy) is 1. The molecule has 18 heavy (non-hydrogen) atoms. The van der Waals surface area contributed by atoms with Gasteiger partial charge in [0.05, 0.1) is 12.2 Å². The predicted octanol–water partition coefficient (Wildman–Crippen LogP) is 1.59. The molecule has 1 aliphatic carbocycles. The minimum Gasteiger partial charge on any atom is -0.366 e. The van der Waals surface area contributed by atoms with E-state index in [1.165, 1.54) is 11.1 Å². The maximum atomic E-state index is 11.5. The number of carbonyl (C=O) groups excluding carboxylic acids is 1. The Morgan fingerprint density at radius 1 is 1.33 bits per heavy atom. The lowest BCUT2D eigenvalue weighted by molar-refractivity contribution is -0.130. The van der Waals surface area contributed by atoms with Gasteiger partial charge in [0.15, 0.2) is 0 Å². The van der Waals surface area contributed by atoms with Crippen LogP contribution in [0.2, 0.25) is 0 Å². The number of benzene rings is 1. The molecule has 1 saturated carbocycles. The number of hydrogen-bond donors (Lipinski definition) is 2. The third-order valence-corrected chi connectivity index (χ3v) is 4.32. The van der Waals surface area contributed by atoms with Gasteiger partial charge in [-0.15, -0.1) is 0 Å². The average molecular weight is 246 g/mol. The number of nitrogens with one attached hydrogen (secondary N) is 1. The van der Waals surface area contributed by atoms with Crippen LogP contribution in [0.4, 0.5) is 0 Å². The fourth-order valence-electron chi connectivity index (χ4n) is 3.26. The zero-order chi connectivity index (χ0) is 12.6. The Morgan fingerprint density at radius 3 is 2.78 bits per heavy atom. The molecule has 1 aromatic rings. The molecule has 1 aromatic carbocycles. The van der Waals surface area contributed by atoms with Gasteiger partial charge in [-0.1, -0.05) is 24.3 Å². The first kappa shape index (κ1) is 11.7. The van der Waals surface area contributed by atoms with Crippen LogP contribution in [0.3, 0.4) is 0 Å². The summed E-state index contributed by atoms with van der Waals surface area (Å²) in [5, 5.41) is 0. The summed E-state index contributed by atoms with van der Waals surface area (Å²) in [6, 6.07) is 8.40. The largest absolute Gasteiger partial charge is 0.366 e. The van der Waals surface area contributed by atoms with E-state index < -0.39 is 0 Å². The summed E-state index contributed by atoms with van der Waals surface area (Å²) in [6.07, 6.45) is 3.50. The third kappa shape index (κ3) is 1.72. The van der Waals surface area contributed by atoms with Crippen LogP contribution in [0, 0.1) is 5.92 Å². The van der Waals surface area contributed by atoms with E-state index in [1.54, 1.807) is 0 Å². The van der Waals surface area contributed by atoms with Crippen molar-refractivity contribution in [1.29, 1.82) is 0 Å². The van der Waals surface area contributed by atoms with Crippen LogP contribution in [-0.4, -0.2) is 5.91 Å². The zero-order valence-electron chi connectivity index (χ0n) is 10.3. The second-order valence-electron chi connectivity index (χ2n) is 5.22. The Morgan fingerprint density at radius 2 is 2.06 bits per heavy atom. The fraction of sp³-hybridized carbons (Fsp3) is 0.500. The SMILES string of the molecule is NNC(=O)[C@H]1CC[C@@]2(CC1)OCc1ccccc12. The zero-order valence-corrected chi connectivity index (χ0v) is 10.3. The number of hydrogen-bond acceptors (Lipinski definition) is 3. The van der Waals surface area contributed by atoms with Crippen molar-refractivity contribution in [1.82, 2.24) is 5.43 Å². The summed E-state index contributed by atoms with van der Waals surface area (Å²) in [6.45, 7) is 0.698. The van der Waals surface area contributed by atoms with Gasteiger partial charge in [0, 0.05) is 5.92 Å². The molecule has 0 bridgehead atoms. The van der Waals surface area contributed by atoms with Crippen molar-refractivity contribution in [2.45, 2.75) is 37.9 Å². The molecule has 0 unspecified atom stereocenters. The molecule has 0 radical (unpaired) electrons. The van der Waals surface area contributed by atoms with Gasteiger partial charge in [-0.3, -0.25) is 10.2 Å². The second kappa shape index (κ2) is 4.37. The number of hydrazine groups is 1. The molecule has 4 heteroatoms. The van der Waals surface area contributed by atoms with Crippen molar-refractivity contribution in [3.05, 3.63) is 35.4 Å². The molecular weight excluding hydrogens is 228 g/mol. The molecule has 0 saturated heterocycles. The van der Waals surface area contributed by atoms with Crippen molar-refractivity contribution in [3.8, 4) is 0 Å². The smallest absolute Gasteiger partial charge is 0.236 e. The molecule has 3 rings (SSSR count). The Labute approximate surface area is 106 Å². The average Bonchev–Trinajstić information content (AvgIpc) is 2.78. The Kier molecular flexibility index (Phi) is 2.84. The molecule has 0 aromatic heterocycles. The topological polar surface area (TPSA) is 64.3 Å². The highest BCUT2D eigenvalue weighted by atomic mass is 16.5. The van der Waals surface area contributed by atoms with E-state index in [4.69, 9.17) is 10.6 Å². The minimum atomic E-state index is -0.151. The predicted molar refractivity (Wildman–Crippen MR) is 67.2 cm³/mol. The Hall–Kier alpha value is -1.39. The van der Waals surface area contributed by atoms with Crippen molar-refractivity contribution in [2.24, 2.45) is 11.8 Å². The monoisotopic (exact) mass is 246 g/mol. The maximum Gasteiger partial charge on any atom is 0.236 e. The molecule has 2 aliphatic rings. The Bertz CT molecular complexity index is 465. The van der Waals surface area contributed by atoms with Crippen LogP contribution in [0.15, 0.2) is 24.3 Å². The quantitative estimate of drug-likeness (QED) is 0.449. The summed E-state index contributed by atoms with van der Waals surface area (Å²) in [5.41, 5.74) is 4.71. The van der Waals surface area contributed by atoms with E-state index in [9.17, 15) is 4.79 Å². The highest BCUT2D eigenvalue weighted by Crippen LogP contribution is 2.47. The molecule has 1 aliphatic heterocycles. The van der Waals surface area contributed by atoms with E-state index in [0.717, 1.165) is 25.7 Å². The van der Waals surface area contributed by atoms with E-state index in [1.807, 2.05) is 0 Å². The van der Waals surface area contributed by atoms with E-state index in [0.29, 0.717) is 6.61 Å². The van der Waals surface area contributed by atoms with Crippen molar-refractivity contribution >= 4 is 5.91 Å². The van der Waals surface area contributed by atoms with Crippen LogP contribution in [0.5, 0.6) is 0 Å². The van der Waals surface area contributed by atoms with E-state index in [-0.39, 0.29) is 17.4 Å². The van der Waals surface area contributed by atoms with Gasteiger partial charge in [-0.25, -0.2) is 5.84 Å². The highest BCUT2D eigenvalue weighted by molar-refractivity contribution is 5.78. The summed E-state index contributed by atoms with van der Waals surface area (Å²) in [4.78, 5) is 11.5. The number of nitrogens with two attached hydrogens (primary N) is 1. The molecule has 96 valence electrons. The fourth-order valence-corrected chi connectivity index (χ4v) is 3.26. The van der Waals surface area contributed by atoms with Crippen LogP contribution >= 0.6 is 0 Å². The first-order chi connectivity index (χ1) is 8.75. The van der Waals surface area contributed by atoms with Crippen LogP contribution in [-0.2, 0) is 21.7 Å². The van der Waals surface area contributed by atoms with Gasteiger partial charge in [0.1, 0.15) is 0 Å². The van der Waals surface area contributed by atoms with Crippen molar-refractivity contribution in [2.75, 3.05) is 0 Å². The first-order valence-corrected chi connectivity index (χ1v) is 6.48. The second-order valence-corrected chi connectivity index (χ2v) is 5.22.